The minimum Gasteiger partial charge on any atom is -0.277 e. The van der Waals surface area contributed by atoms with Gasteiger partial charge in [0.2, 0.25) is 0 Å². The third kappa shape index (κ3) is 2.79. The summed E-state index contributed by atoms with van der Waals surface area (Å²) >= 11 is 0. The summed E-state index contributed by atoms with van der Waals surface area (Å²) in [6.07, 6.45) is 4.15. The van der Waals surface area contributed by atoms with Crippen LogP contribution in [0, 0.1) is 0 Å². The van der Waals surface area contributed by atoms with Gasteiger partial charge in [-0.25, -0.2) is 0 Å². The number of fused-ring (bicyclic) bond motifs is 1. The highest BCUT2D eigenvalue weighted by Crippen LogP contribution is 2.26. The molecule has 0 aliphatic carbocycles. The molecule has 0 amide bonds. The number of aromatic amines is 1. The second-order valence-corrected chi connectivity index (χ2v) is 5.48. The predicted octanol–water partition coefficient (Wildman–Crippen LogP) is 5.40. The first-order chi connectivity index (χ1) is 11.4. The Hall–Kier alpha value is -3.13. The maximum absolute atomic E-state index is 4.43. The highest BCUT2D eigenvalue weighted by Gasteiger charge is 2.05. The lowest BCUT2D eigenvalue weighted by molar-refractivity contribution is 1.11. The molecule has 0 saturated carbocycles. The van der Waals surface area contributed by atoms with E-state index in [0.717, 1.165) is 16.6 Å². The van der Waals surface area contributed by atoms with E-state index in [1.165, 1.54) is 16.7 Å². The van der Waals surface area contributed by atoms with Gasteiger partial charge in [-0.15, -0.1) is 0 Å². The highest BCUT2D eigenvalue weighted by atomic mass is 15.1. The van der Waals surface area contributed by atoms with Crippen LogP contribution in [0.2, 0.25) is 0 Å². The van der Waals surface area contributed by atoms with Gasteiger partial charge in [0.25, 0.3) is 0 Å². The number of rotatable bonds is 3. The lowest BCUT2D eigenvalue weighted by atomic mass is 10.0. The Morgan fingerprint density at radius 3 is 2.22 bits per heavy atom. The highest BCUT2D eigenvalue weighted by molar-refractivity contribution is 5.92. The Labute approximate surface area is 135 Å². The summed E-state index contributed by atoms with van der Waals surface area (Å²) in [5, 5.41) is 8.67. The largest absolute Gasteiger partial charge is 0.277 e. The van der Waals surface area contributed by atoms with Crippen molar-refractivity contribution in [3.8, 4) is 11.1 Å². The molecule has 1 aromatic heterocycles. The fraction of sp³-hybridized carbons (Fsp3) is 0. The van der Waals surface area contributed by atoms with E-state index in [1.807, 2.05) is 24.3 Å². The molecule has 4 aromatic rings. The van der Waals surface area contributed by atoms with Crippen LogP contribution in [0.5, 0.6) is 0 Å². The summed E-state index contributed by atoms with van der Waals surface area (Å²) in [6, 6.07) is 27.1. The first-order valence-electron chi connectivity index (χ1n) is 7.67. The molecule has 0 saturated heterocycles. The minimum absolute atomic E-state index is 0.960. The van der Waals surface area contributed by atoms with Gasteiger partial charge < -0.3 is 0 Å². The van der Waals surface area contributed by atoms with E-state index in [4.69, 9.17) is 0 Å². The molecule has 110 valence electrons. The second-order valence-electron chi connectivity index (χ2n) is 5.48. The zero-order valence-electron chi connectivity index (χ0n) is 12.6. The number of nitrogens with one attached hydrogen (secondary N) is 1. The van der Waals surface area contributed by atoms with E-state index in [9.17, 15) is 0 Å². The molecule has 1 heterocycles. The van der Waals surface area contributed by atoms with Crippen LogP contribution in [0.1, 0.15) is 11.3 Å². The Morgan fingerprint density at radius 1 is 0.696 bits per heavy atom. The van der Waals surface area contributed by atoms with Gasteiger partial charge in [-0.1, -0.05) is 72.8 Å². The summed E-state index contributed by atoms with van der Waals surface area (Å²) in [6.45, 7) is 0. The summed E-state index contributed by atoms with van der Waals surface area (Å²) in [5.41, 5.74) is 5.60. The van der Waals surface area contributed by atoms with Crippen molar-refractivity contribution >= 4 is 23.1 Å². The Kier molecular flexibility index (Phi) is 3.49. The summed E-state index contributed by atoms with van der Waals surface area (Å²) in [5.74, 6) is 0. The Bertz CT molecular complexity index is 951. The van der Waals surface area contributed by atoms with Crippen LogP contribution >= 0.6 is 0 Å². The summed E-state index contributed by atoms with van der Waals surface area (Å²) in [7, 11) is 0. The van der Waals surface area contributed by atoms with Crippen molar-refractivity contribution in [3.63, 3.8) is 0 Å². The molecular weight excluding hydrogens is 280 g/mol. The minimum atomic E-state index is 0.960. The number of nitrogens with zero attached hydrogens (tertiary/aromatic N) is 1. The number of hydrogen-bond acceptors (Lipinski definition) is 1. The van der Waals surface area contributed by atoms with Crippen LogP contribution in [0.3, 0.4) is 0 Å². The topological polar surface area (TPSA) is 28.7 Å². The van der Waals surface area contributed by atoms with Crippen LogP contribution in [-0.4, -0.2) is 10.2 Å². The van der Waals surface area contributed by atoms with Crippen molar-refractivity contribution in [1.82, 2.24) is 10.2 Å². The van der Waals surface area contributed by atoms with E-state index in [0.29, 0.717) is 0 Å². The standard InChI is InChI=1S/C21H16N2/c1-3-7-16(8-4-1)11-13-20-19-15-18(12-14-21(19)23-22-20)17-9-5-2-6-10-17/h1-15H,(H,22,23). The molecule has 0 fully saturated rings. The SMILES string of the molecule is C(=Cc1n[nH]c2ccc(-c3ccccc3)cc12)c1ccccc1. The maximum atomic E-state index is 4.43. The number of H-pyrrole nitrogens is 1. The van der Waals surface area contributed by atoms with Gasteiger partial charge in [0.05, 0.1) is 11.2 Å². The van der Waals surface area contributed by atoms with Crippen LogP contribution in [0.4, 0.5) is 0 Å². The molecule has 0 unspecified atom stereocenters. The predicted molar refractivity (Wildman–Crippen MR) is 96.9 cm³/mol. The van der Waals surface area contributed by atoms with Gasteiger partial charge in [0.15, 0.2) is 0 Å². The quantitative estimate of drug-likeness (QED) is 0.538. The fourth-order valence-electron chi connectivity index (χ4n) is 2.71. The molecule has 0 spiro atoms. The smallest absolute Gasteiger partial charge is 0.0927 e. The van der Waals surface area contributed by atoms with Gasteiger partial charge in [0.1, 0.15) is 0 Å². The number of hydrogen-bond donors (Lipinski definition) is 1. The maximum Gasteiger partial charge on any atom is 0.0927 e. The summed E-state index contributed by atoms with van der Waals surface area (Å²) < 4.78 is 0. The lowest BCUT2D eigenvalue weighted by Crippen LogP contribution is -1.78. The molecule has 0 aliphatic rings. The average molecular weight is 296 g/mol. The first kappa shape index (κ1) is 13.5. The Morgan fingerprint density at radius 2 is 1.43 bits per heavy atom. The van der Waals surface area contributed by atoms with Crippen molar-refractivity contribution in [1.29, 1.82) is 0 Å². The zero-order valence-corrected chi connectivity index (χ0v) is 12.6. The average Bonchev–Trinajstić information content (AvgIpc) is 3.04. The molecule has 3 aromatic carbocycles. The zero-order chi connectivity index (χ0) is 15.5. The summed E-state index contributed by atoms with van der Waals surface area (Å²) in [4.78, 5) is 0. The van der Waals surface area contributed by atoms with Crippen molar-refractivity contribution in [2.45, 2.75) is 0 Å². The number of aromatic nitrogens is 2. The van der Waals surface area contributed by atoms with E-state index in [1.54, 1.807) is 0 Å². The van der Waals surface area contributed by atoms with E-state index in [-0.39, 0.29) is 0 Å². The molecule has 0 radical (unpaired) electrons. The molecule has 0 bridgehead atoms. The van der Waals surface area contributed by atoms with Crippen molar-refractivity contribution < 1.29 is 0 Å². The third-order valence-electron chi connectivity index (χ3n) is 3.93. The van der Waals surface area contributed by atoms with E-state index in [2.05, 4.69) is 76.9 Å². The normalized spacial score (nSPS) is 11.3. The van der Waals surface area contributed by atoms with Gasteiger partial charge in [-0.2, -0.15) is 5.10 Å². The van der Waals surface area contributed by atoms with Crippen LogP contribution in [-0.2, 0) is 0 Å². The van der Waals surface area contributed by atoms with Crippen LogP contribution in [0.15, 0.2) is 78.9 Å². The molecule has 0 aliphatic heterocycles. The molecular formula is C21H16N2. The number of benzene rings is 3. The lowest BCUT2D eigenvalue weighted by Gasteiger charge is -2.01. The van der Waals surface area contributed by atoms with Gasteiger partial charge >= 0.3 is 0 Å². The first-order valence-corrected chi connectivity index (χ1v) is 7.67. The third-order valence-corrected chi connectivity index (χ3v) is 3.93. The monoisotopic (exact) mass is 296 g/mol. The van der Waals surface area contributed by atoms with Gasteiger partial charge in [0, 0.05) is 5.39 Å². The van der Waals surface area contributed by atoms with E-state index < -0.39 is 0 Å². The fourth-order valence-corrected chi connectivity index (χ4v) is 2.71. The molecule has 2 heteroatoms. The molecule has 4 rings (SSSR count). The van der Waals surface area contributed by atoms with E-state index >= 15 is 0 Å². The van der Waals surface area contributed by atoms with Gasteiger partial charge in [-0.05, 0) is 34.9 Å². The molecule has 2 nitrogen and oxygen atoms in total. The van der Waals surface area contributed by atoms with Crippen molar-refractivity contribution in [3.05, 3.63) is 90.1 Å². The van der Waals surface area contributed by atoms with Crippen molar-refractivity contribution in [2.75, 3.05) is 0 Å². The van der Waals surface area contributed by atoms with Crippen LogP contribution in [0.25, 0.3) is 34.2 Å². The Balaban J connectivity index is 1.75. The second kappa shape index (κ2) is 5.93. The molecule has 0 atom stereocenters. The van der Waals surface area contributed by atoms with Crippen molar-refractivity contribution in [2.24, 2.45) is 0 Å². The molecule has 23 heavy (non-hydrogen) atoms. The van der Waals surface area contributed by atoms with Crippen LogP contribution < -0.4 is 0 Å². The molecule has 1 N–H and O–H groups in total. The van der Waals surface area contributed by atoms with Gasteiger partial charge in [-0.3, -0.25) is 5.10 Å².